The molecule has 1 spiro atoms. The molecule has 0 saturated carbocycles. The molecule has 2 saturated heterocycles. The number of carbonyl (C=O) groups is 1. The van der Waals surface area contributed by atoms with Crippen molar-refractivity contribution in [2.45, 2.75) is 37.1 Å². The van der Waals surface area contributed by atoms with Gasteiger partial charge >= 0.3 is 0 Å². The molecule has 0 radical (unpaired) electrons. The maximum Gasteiger partial charge on any atom is 0.222 e. The molecule has 1 atom stereocenters. The van der Waals surface area contributed by atoms with E-state index in [1.807, 2.05) is 41.1 Å². The van der Waals surface area contributed by atoms with Crippen LogP contribution >= 0.6 is 11.8 Å². The zero-order valence-electron chi connectivity index (χ0n) is 16.4. The highest BCUT2D eigenvalue weighted by Crippen LogP contribution is 2.39. The first-order valence-electron chi connectivity index (χ1n) is 10.3. The summed E-state index contributed by atoms with van der Waals surface area (Å²) in [5.41, 5.74) is 1.25. The van der Waals surface area contributed by atoms with Crippen molar-refractivity contribution >= 4 is 17.7 Å². The molecule has 1 unspecified atom stereocenters. The molecule has 0 bridgehead atoms. The van der Waals surface area contributed by atoms with Crippen LogP contribution in [-0.2, 0) is 11.3 Å². The zero-order valence-corrected chi connectivity index (χ0v) is 17.2. The van der Waals surface area contributed by atoms with Crippen LogP contribution in [0.5, 0.6) is 0 Å². The normalized spacial score (nSPS) is 23.3. The summed E-state index contributed by atoms with van der Waals surface area (Å²) < 4.78 is 0. The maximum absolute atomic E-state index is 12.5. The minimum atomic E-state index is 0.262. The van der Waals surface area contributed by atoms with Gasteiger partial charge in [-0.2, -0.15) is 0 Å². The molecular formula is C23H29N3OS. The second-order valence-electron chi connectivity index (χ2n) is 8.11. The van der Waals surface area contributed by atoms with E-state index in [-0.39, 0.29) is 11.3 Å². The molecule has 4 rings (SSSR count). The average molecular weight is 396 g/mol. The van der Waals surface area contributed by atoms with Gasteiger partial charge < -0.3 is 9.80 Å². The van der Waals surface area contributed by atoms with Crippen molar-refractivity contribution in [3.05, 3.63) is 60.4 Å². The molecule has 0 aliphatic carbocycles. The Hall–Kier alpha value is -1.85. The molecule has 1 aromatic carbocycles. The van der Waals surface area contributed by atoms with Crippen molar-refractivity contribution in [3.63, 3.8) is 0 Å². The van der Waals surface area contributed by atoms with Gasteiger partial charge in [-0.25, -0.2) is 0 Å². The predicted octanol–water partition coefficient (Wildman–Crippen LogP) is 4.08. The van der Waals surface area contributed by atoms with Crippen molar-refractivity contribution < 1.29 is 4.79 Å². The van der Waals surface area contributed by atoms with Crippen molar-refractivity contribution in [2.75, 3.05) is 31.9 Å². The molecule has 148 valence electrons. The van der Waals surface area contributed by atoms with E-state index in [1.165, 1.54) is 24.3 Å². The Labute approximate surface area is 172 Å². The van der Waals surface area contributed by atoms with E-state index >= 15 is 0 Å². The van der Waals surface area contributed by atoms with Gasteiger partial charge in [-0.15, -0.1) is 11.8 Å². The number of hydrogen-bond acceptors (Lipinski definition) is 4. The summed E-state index contributed by atoms with van der Waals surface area (Å²) in [5.74, 6) is 1.41. The monoisotopic (exact) mass is 395 g/mol. The Balaban J connectivity index is 1.33. The number of aromatic nitrogens is 1. The minimum absolute atomic E-state index is 0.262. The summed E-state index contributed by atoms with van der Waals surface area (Å²) in [5, 5.41) is 0. The van der Waals surface area contributed by atoms with Crippen LogP contribution in [0.15, 0.2) is 59.6 Å². The smallest absolute Gasteiger partial charge is 0.222 e. The van der Waals surface area contributed by atoms with Crippen molar-refractivity contribution in [3.8, 4) is 0 Å². The third kappa shape index (κ3) is 4.95. The van der Waals surface area contributed by atoms with Gasteiger partial charge in [0.2, 0.25) is 5.91 Å². The highest BCUT2D eigenvalue weighted by molar-refractivity contribution is 7.99. The first-order valence-corrected chi connectivity index (χ1v) is 11.3. The van der Waals surface area contributed by atoms with Crippen LogP contribution in [0.25, 0.3) is 0 Å². The molecule has 28 heavy (non-hydrogen) atoms. The number of likely N-dealkylation sites (tertiary alicyclic amines) is 2. The summed E-state index contributed by atoms with van der Waals surface area (Å²) in [6, 6.07) is 16.6. The number of thioether (sulfide) groups is 1. The molecule has 2 fully saturated rings. The van der Waals surface area contributed by atoms with Gasteiger partial charge in [0.05, 0.1) is 12.2 Å². The third-order valence-corrected chi connectivity index (χ3v) is 6.98. The standard InChI is InChI=1S/C23H29N3OS/c27-22-10-12-23(19-26(22)17-20-7-4-5-13-24-20)11-6-14-25(18-23)15-16-28-21-8-2-1-3-9-21/h1-5,7-9,13H,6,10-12,14-19H2. The fourth-order valence-electron chi connectivity index (χ4n) is 4.58. The lowest BCUT2D eigenvalue weighted by Gasteiger charge is -2.48. The topological polar surface area (TPSA) is 36.4 Å². The lowest BCUT2D eigenvalue weighted by atomic mass is 9.73. The van der Waals surface area contributed by atoms with Crippen LogP contribution < -0.4 is 0 Å². The summed E-state index contributed by atoms with van der Waals surface area (Å²) in [6.07, 6.45) is 6.00. The molecule has 0 N–H and O–H groups in total. The summed E-state index contributed by atoms with van der Waals surface area (Å²) in [4.78, 5) is 22.9. The molecular weight excluding hydrogens is 366 g/mol. The van der Waals surface area contributed by atoms with Gasteiger partial charge in [-0.1, -0.05) is 24.3 Å². The van der Waals surface area contributed by atoms with E-state index in [2.05, 4.69) is 40.2 Å². The van der Waals surface area contributed by atoms with Crippen molar-refractivity contribution in [1.29, 1.82) is 0 Å². The van der Waals surface area contributed by atoms with Crippen LogP contribution in [0.3, 0.4) is 0 Å². The van der Waals surface area contributed by atoms with E-state index in [1.54, 1.807) is 0 Å². The second-order valence-corrected chi connectivity index (χ2v) is 9.28. The van der Waals surface area contributed by atoms with Gasteiger partial charge in [-0.3, -0.25) is 9.78 Å². The number of amides is 1. The van der Waals surface area contributed by atoms with Crippen LogP contribution in [0.1, 0.15) is 31.4 Å². The first-order chi connectivity index (χ1) is 13.7. The Morgan fingerprint density at radius 3 is 2.71 bits per heavy atom. The Kier molecular flexibility index (Phi) is 6.33. The minimum Gasteiger partial charge on any atom is -0.336 e. The molecule has 1 amide bonds. The Morgan fingerprint density at radius 2 is 1.89 bits per heavy atom. The van der Waals surface area contributed by atoms with Gasteiger partial charge in [0.15, 0.2) is 0 Å². The summed E-state index contributed by atoms with van der Waals surface area (Å²) in [6.45, 7) is 4.95. The van der Waals surface area contributed by atoms with E-state index in [0.29, 0.717) is 13.0 Å². The van der Waals surface area contributed by atoms with Crippen molar-refractivity contribution in [2.24, 2.45) is 5.41 Å². The third-order valence-electron chi connectivity index (χ3n) is 5.99. The van der Waals surface area contributed by atoms with E-state index in [9.17, 15) is 4.79 Å². The van der Waals surface area contributed by atoms with Crippen LogP contribution in [0.4, 0.5) is 0 Å². The second kappa shape index (κ2) is 9.10. The maximum atomic E-state index is 12.5. The number of piperidine rings is 2. The van der Waals surface area contributed by atoms with E-state index < -0.39 is 0 Å². The average Bonchev–Trinajstić information content (AvgIpc) is 2.73. The highest BCUT2D eigenvalue weighted by Gasteiger charge is 2.41. The molecule has 1 aromatic heterocycles. The zero-order chi connectivity index (χ0) is 19.2. The molecule has 2 aromatic rings. The summed E-state index contributed by atoms with van der Waals surface area (Å²) in [7, 11) is 0. The number of hydrogen-bond donors (Lipinski definition) is 0. The Bertz CT molecular complexity index is 770. The number of pyridine rings is 1. The van der Waals surface area contributed by atoms with Crippen molar-refractivity contribution in [1.82, 2.24) is 14.8 Å². The van der Waals surface area contributed by atoms with Gasteiger partial charge in [0.1, 0.15) is 0 Å². The number of nitrogens with zero attached hydrogens (tertiary/aromatic N) is 3. The lowest BCUT2D eigenvalue weighted by Crippen LogP contribution is -2.54. The summed E-state index contributed by atoms with van der Waals surface area (Å²) >= 11 is 1.94. The van der Waals surface area contributed by atoms with Crippen LogP contribution in [-0.4, -0.2) is 52.6 Å². The highest BCUT2D eigenvalue weighted by atomic mass is 32.2. The van der Waals surface area contributed by atoms with Gasteiger partial charge in [0, 0.05) is 48.3 Å². The quantitative estimate of drug-likeness (QED) is 0.691. The van der Waals surface area contributed by atoms with Gasteiger partial charge in [0.25, 0.3) is 0 Å². The first kappa shape index (κ1) is 19.5. The Morgan fingerprint density at radius 1 is 1.04 bits per heavy atom. The largest absolute Gasteiger partial charge is 0.336 e. The van der Waals surface area contributed by atoms with Gasteiger partial charge in [-0.05, 0) is 50.1 Å². The predicted molar refractivity (Wildman–Crippen MR) is 114 cm³/mol. The number of benzene rings is 1. The number of carbonyl (C=O) groups excluding carboxylic acids is 1. The molecule has 2 aliphatic rings. The lowest BCUT2D eigenvalue weighted by molar-refractivity contribution is -0.140. The number of rotatable bonds is 6. The molecule has 4 nitrogen and oxygen atoms in total. The van der Waals surface area contributed by atoms with E-state index in [0.717, 1.165) is 37.5 Å². The fraction of sp³-hybridized carbons (Fsp3) is 0.478. The molecule has 2 aliphatic heterocycles. The van der Waals surface area contributed by atoms with E-state index in [4.69, 9.17) is 0 Å². The SMILES string of the molecule is O=C1CCC2(CCCN(CCSc3ccccc3)C2)CN1Cc1ccccn1. The molecule has 5 heteroatoms. The fourth-order valence-corrected chi connectivity index (χ4v) is 5.51. The van der Waals surface area contributed by atoms with Crippen LogP contribution in [0.2, 0.25) is 0 Å². The molecule has 3 heterocycles. The van der Waals surface area contributed by atoms with Crippen LogP contribution in [0, 0.1) is 5.41 Å².